The molecule has 4 aromatic rings. The topological polar surface area (TPSA) is 71.0 Å². The van der Waals surface area contributed by atoms with Crippen LogP contribution >= 0.6 is 23.1 Å². The maximum atomic E-state index is 12.3. The lowest BCUT2D eigenvalue weighted by Crippen LogP contribution is -2.30. The Morgan fingerprint density at radius 1 is 1.06 bits per heavy atom. The smallest absolute Gasteiger partial charge is 0.230 e. The van der Waals surface area contributed by atoms with Gasteiger partial charge in [0.2, 0.25) is 5.91 Å². The summed E-state index contributed by atoms with van der Waals surface area (Å²) in [6, 6.07) is 18.5. The molecular formula is C23H21N5OS2. The number of benzene rings is 2. The minimum absolute atomic E-state index is 0.0157. The van der Waals surface area contributed by atoms with Crippen molar-refractivity contribution in [1.82, 2.24) is 20.3 Å². The van der Waals surface area contributed by atoms with Crippen molar-refractivity contribution in [2.45, 2.75) is 24.5 Å². The zero-order chi connectivity index (χ0) is 21.0. The van der Waals surface area contributed by atoms with Crippen LogP contribution in [0.15, 0.2) is 66.0 Å². The summed E-state index contributed by atoms with van der Waals surface area (Å²) in [5.74, 6) is 0.293. The molecule has 0 spiro atoms. The minimum Gasteiger partial charge on any atom is -0.351 e. The second kappa shape index (κ2) is 9.03. The number of aromatic nitrogens is 3. The molecule has 0 atom stereocenters. The predicted octanol–water partition coefficient (Wildman–Crippen LogP) is 4.06. The summed E-state index contributed by atoms with van der Waals surface area (Å²) in [5.41, 5.74) is 4.54. The summed E-state index contributed by atoms with van der Waals surface area (Å²) in [4.78, 5) is 28.1. The number of nitrogens with zero attached hydrogens (tertiary/aromatic N) is 4. The minimum atomic E-state index is -0.0157. The normalized spacial score (nSPS) is 13.2. The molecule has 1 amide bonds. The van der Waals surface area contributed by atoms with Crippen molar-refractivity contribution in [2.24, 2.45) is 0 Å². The molecule has 5 rings (SSSR count). The predicted molar refractivity (Wildman–Crippen MR) is 125 cm³/mol. The first-order chi connectivity index (χ1) is 15.3. The number of rotatable bonds is 6. The van der Waals surface area contributed by atoms with Gasteiger partial charge in [0.05, 0.1) is 5.75 Å². The fourth-order valence-electron chi connectivity index (χ4n) is 3.60. The van der Waals surface area contributed by atoms with Gasteiger partial charge in [0.15, 0.2) is 10.8 Å². The highest BCUT2D eigenvalue weighted by atomic mass is 32.2. The van der Waals surface area contributed by atoms with Crippen molar-refractivity contribution >= 4 is 44.5 Å². The van der Waals surface area contributed by atoms with Gasteiger partial charge in [0.25, 0.3) is 0 Å². The van der Waals surface area contributed by atoms with Crippen molar-refractivity contribution in [1.29, 1.82) is 0 Å². The van der Waals surface area contributed by atoms with E-state index in [1.54, 1.807) is 11.3 Å². The van der Waals surface area contributed by atoms with E-state index in [4.69, 9.17) is 4.98 Å². The van der Waals surface area contributed by atoms with E-state index in [9.17, 15) is 4.79 Å². The highest BCUT2D eigenvalue weighted by Gasteiger charge is 2.21. The third kappa shape index (κ3) is 4.55. The van der Waals surface area contributed by atoms with Gasteiger partial charge >= 0.3 is 0 Å². The maximum absolute atomic E-state index is 12.3. The van der Waals surface area contributed by atoms with E-state index in [0.29, 0.717) is 17.9 Å². The third-order valence-electron chi connectivity index (χ3n) is 5.22. The number of nitrogens with one attached hydrogen (secondary N) is 1. The molecule has 2 aromatic heterocycles. The zero-order valence-electron chi connectivity index (χ0n) is 16.8. The van der Waals surface area contributed by atoms with Gasteiger partial charge in [-0.05, 0) is 23.1 Å². The van der Waals surface area contributed by atoms with Crippen molar-refractivity contribution in [3.63, 3.8) is 0 Å². The fourth-order valence-corrected chi connectivity index (χ4v) is 5.55. The highest BCUT2D eigenvalue weighted by Crippen LogP contribution is 2.35. The number of carbonyl (C=O) groups is 1. The second-order valence-corrected chi connectivity index (χ2v) is 9.26. The molecule has 0 saturated heterocycles. The summed E-state index contributed by atoms with van der Waals surface area (Å²) >= 11 is 3.03. The number of thiazole rings is 1. The van der Waals surface area contributed by atoms with Crippen molar-refractivity contribution < 1.29 is 4.79 Å². The van der Waals surface area contributed by atoms with E-state index in [1.807, 2.05) is 30.3 Å². The van der Waals surface area contributed by atoms with Gasteiger partial charge in [-0.2, -0.15) is 4.98 Å². The molecule has 0 bridgehead atoms. The summed E-state index contributed by atoms with van der Waals surface area (Å²) in [7, 11) is 0. The Kier molecular flexibility index (Phi) is 5.82. The number of carbonyl (C=O) groups excluding carboxylic acids is 1. The molecule has 6 nitrogen and oxygen atoms in total. The quantitative estimate of drug-likeness (QED) is 0.355. The molecule has 1 N–H and O–H groups in total. The van der Waals surface area contributed by atoms with Crippen LogP contribution in [0.5, 0.6) is 0 Å². The molecule has 8 heteroatoms. The van der Waals surface area contributed by atoms with E-state index in [-0.39, 0.29) is 5.91 Å². The fraction of sp³-hybridized carbons (Fsp3) is 0.217. The van der Waals surface area contributed by atoms with Gasteiger partial charge in [0, 0.05) is 19.6 Å². The zero-order valence-corrected chi connectivity index (χ0v) is 18.5. The molecule has 3 heterocycles. The van der Waals surface area contributed by atoms with Crippen molar-refractivity contribution in [3.8, 4) is 0 Å². The second-order valence-electron chi connectivity index (χ2n) is 7.32. The molecule has 0 radical (unpaired) electrons. The van der Waals surface area contributed by atoms with Gasteiger partial charge in [-0.3, -0.25) is 4.79 Å². The van der Waals surface area contributed by atoms with Gasteiger partial charge < -0.3 is 10.2 Å². The van der Waals surface area contributed by atoms with E-state index >= 15 is 0 Å². The Bertz CT molecular complexity index is 1210. The Hall–Kier alpha value is -2.97. The van der Waals surface area contributed by atoms with Crippen LogP contribution in [0.3, 0.4) is 0 Å². The number of amides is 1. The molecule has 0 unspecified atom stereocenters. The van der Waals surface area contributed by atoms with Crippen LogP contribution < -0.4 is 10.2 Å². The summed E-state index contributed by atoms with van der Waals surface area (Å²) < 4.78 is 0.942. The molecule has 0 fully saturated rings. The molecule has 1 aliphatic heterocycles. The summed E-state index contributed by atoms with van der Waals surface area (Å²) in [6.45, 7) is 2.32. The third-order valence-corrected chi connectivity index (χ3v) is 7.45. The largest absolute Gasteiger partial charge is 0.351 e. The van der Waals surface area contributed by atoms with Crippen molar-refractivity contribution in [2.75, 3.05) is 17.2 Å². The van der Waals surface area contributed by atoms with Crippen LogP contribution in [0.2, 0.25) is 0 Å². The van der Waals surface area contributed by atoms with Gasteiger partial charge in [0.1, 0.15) is 16.1 Å². The number of anilines is 1. The number of hydrogen-bond donors (Lipinski definition) is 1. The number of hydrogen-bond acceptors (Lipinski definition) is 7. The van der Waals surface area contributed by atoms with Gasteiger partial charge in [-0.1, -0.05) is 77.7 Å². The summed E-state index contributed by atoms with van der Waals surface area (Å²) in [6.07, 6.45) is 2.54. The Labute approximate surface area is 188 Å². The van der Waals surface area contributed by atoms with Crippen molar-refractivity contribution in [3.05, 3.63) is 77.6 Å². The van der Waals surface area contributed by atoms with E-state index in [1.165, 1.54) is 29.2 Å². The van der Waals surface area contributed by atoms with Crippen LogP contribution in [0.1, 0.15) is 16.7 Å². The average Bonchev–Trinajstić information content (AvgIpc) is 3.27. The Morgan fingerprint density at radius 3 is 2.74 bits per heavy atom. The lowest BCUT2D eigenvalue weighted by Gasteiger charge is -2.28. The maximum Gasteiger partial charge on any atom is 0.230 e. The summed E-state index contributed by atoms with van der Waals surface area (Å²) in [5, 5.41) is 4.73. The van der Waals surface area contributed by atoms with Crippen LogP contribution in [-0.2, 0) is 24.3 Å². The first-order valence-electron chi connectivity index (χ1n) is 10.1. The Morgan fingerprint density at radius 2 is 1.87 bits per heavy atom. The molecule has 156 valence electrons. The van der Waals surface area contributed by atoms with Crippen LogP contribution in [0.4, 0.5) is 5.13 Å². The van der Waals surface area contributed by atoms with E-state index < -0.39 is 0 Å². The van der Waals surface area contributed by atoms with Gasteiger partial charge in [-0.15, -0.1) is 0 Å². The molecule has 1 aliphatic rings. The lowest BCUT2D eigenvalue weighted by molar-refractivity contribution is -0.118. The number of thioether (sulfide) groups is 1. The Balaban J connectivity index is 1.26. The molecule has 0 saturated carbocycles. The van der Waals surface area contributed by atoms with E-state index in [2.05, 4.69) is 44.5 Å². The first kappa shape index (κ1) is 20.0. The highest BCUT2D eigenvalue weighted by molar-refractivity contribution is 8.00. The monoisotopic (exact) mass is 447 g/mol. The molecule has 2 aromatic carbocycles. The molecular weight excluding hydrogens is 426 g/mol. The average molecular weight is 448 g/mol. The van der Waals surface area contributed by atoms with Gasteiger partial charge in [-0.25, -0.2) is 9.97 Å². The SMILES string of the molecule is O=C(CSc1ncnc2nc(N3CCc4ccccc4C3)sc12)NCc1ccccc1. The van der Waals surface area contributed by atoms with Crippen LogP contribution in [0, 0.1) is 0 Å². The lowest BCUT2D eigenvalue weighted by atomic mass is 10.0. The van der Waals surface area contributed by atoms with Crippen LogP contribution in [-0.4, -0.2) is 33.2 Å². The van der Waals surface area contributed by atoms with Crippen LogP contribution in [0.25, 0.3) is 10.3 Å². The number of fused-ring (bicyclic) bond motifs is 2. The first-order valence-corrected chi connectivity index (χ1v) is 11.9. The van der Waals surface area contributed by atoms with E-state index in [0.717, 1.165) is 39.9 Å². The molecule has 0 aliphatic carbocycles. The molecule has 31 heavy (non-hydrogen) atoms. The standard InChI is InChI=1S/C23H21N5OS2/c29-19(24-12-16-6-2-1-3-7-16)14-30-22-20-21(25-15-26-22)27-23(31-20)28-11-10-17-8-4-5-9-18(17)13-28/h1-9,15H,10-14H2,(H,24,29).